The van der Waals surface area contributed by atoms with Crippen LogP contribution in [0.4, 0.5) is 15.9 Å². The summed E-state index contributed by atoms with van der Waals surface area (Å²) in [6, 6.07) is 7.59. The van der Waals surface area contributed by atoms with Gasteiger partial charge in [0.05, 0.1) is 10.3 Å². The highest BCUT2D eigenvalue weighted by Crippen LogP contribution is 2.34. The summed E-state index contributed by atoms with van der Waals surface area (Å²) in [5, 5.41) is 4.43. The molecule has 1 aromatic carbocycles. The lowest BCUT2D eigenvalue weighted by Crippen LogP contribution is -2.19. The lowest BCUT2D eigenvalue weighted by Gasteiger charge is -2.17. The van der Waals surface area contributed by atoms with Crippen molar-refractivity contribution >= 4 is 50.7 Å². The van der Waals surface area contributed by atoms with Crippen molar-refractivity contribution in [3.8, 4) is 0 Å². The molecule has 2 aromatic heterocycles. The van der Waals surface area contributed by atoms with Crippen molar-refractivity contribution in [1.82, 2.24) is 9.97 Å². The van der Waals surface area contributed by atoms with Crippen molar-refractivity contribution in [2.45, 2.75) is 18.0 Å². The third-order valence-corrected chi connectivity index (χ3v) is 5.84. The van der Waals surface area contributed by atoms with Crippen molar-refractivity contribution in [1.29, 1.82) is 0 Å². The average Bonchev–Trinajstić information content (AvgIpc) is 3.32. The lowest BCUT2D eigenvalue weighted by atomic mass is 10.3. The molecule has 3 aromatic rings. The van der Waals surface area contributed by atoms with Crippen molar-refractivity contribution in [2.24, 2.45) is 0 Å². The number of halogens is 1. The van der Waals surface area contributed by atoms with Crippen molar-refractivity contribution in [2.75, 3.05) is 29.6 Å². The summed E-state index contributed by atoms with van der Waals surface area (Å²) < 4.78 is 13.0. The lowest BCUT2D eigenvalue weighted by molar-refractivity contribution is 0.103. The predicted octanol–water partition coefficient (Wildman–Crippen LogP) is 4.40. The van der Waals surface area contributed by atoms with Crippen LogP contribution >= 0.6 is 23.1 Å². The maximum atomic E-state index is 13.0. The molecule has 0 unspecified atom stereocenters. The van der Waals surface area contributed by atoms with Crippen LogP contribution < -0.4 is 10.2 Å². The van der Waals surface area contributed by atoms with Crippen LogP contribution in [0.25, 0.3) is 10.2 Å². The largest absolute Gasteiger partial charge is 0.356 e. The number of nitrogens with zero attached hydrogens (tertiary/aromatic N) is 3. The summed E-state index contributed by atoms with van der Waals surface area (Å²) in [5.41, 5.74) is 0.560. The normalized spacial score (nSPS) is 14.2. The van der Waals surface area contributed by atoms with E-state index in [0.29, 0.717) is 15.7 Å². The molecule has 0 bridgehead atoms. The fourth-order valence-electron chi connectivity index (χ4n) is 2.99. The predicted molar refractivity (Wildman–Crippen MR) is 105 cm³/mol. The molecule has 0 atom stereocenters. The van der Waals surface area contributed by atoms with E-state index in [9.17, 15) is 9.18 Å². The standard InChI is InChI=1S/C18H17FN4OS2/c1-25-18-21-15(23-8-2-3-9-23)13-10-14(26-17(13)22-18)16(24)20-12-6-4-11(19)5-7-12/h4-7,10H,2-3,8-9H2,1H3,(H,20,24). The first-order valence-electron chi connectivity index (χ1n) is 8.31. The van der Waals surface area contributed by atoms with Gasteiger partial charge in [0.15, 0.2) is 5.16 Å². The average molecular weight is 388 g/mol. The number of aromatic nitrogens is 2. The van der Waals surface area contributed by atoms with E-state index in [4.69, 9.17) is 0 Å². The van der Waals surface area contributed by atoms with E-state index in [0.717, 1.165) is 42.0 Å². The first-order valence-corrected chi connectivity index (χ1v) is 10.4. The van der Waals surface area contributed by atoms with E-state index >= 15 is 0 Å². The molecule has 1 aliphatic rings. The van der Waals surface area contributed by atoms with Gasteiger partial charge in [-0.1, -0.05) is 11.8 Å². The molecule has 134 valence electrons. The fourth-order valence-corrected chi connectivity index (χ4v) is 4.33. The number of thioether (sulfide) groups is 1. The van der Waals surface area contributed by atoms with Crippen LogP contribution in [0.5, 0.6) is 0 Å². The Labute approximate surface area is 158 Å². The van der Waals surface area contributed by atoms with Gasteiger partial charge >= 0.3 is 0 Å². The number of amides is 1. The maximum absolute atomic E-state index is 13.0. The number of hydrogen-bond acceptors (Lipinski definition) is 6. The molecule has 0 saturated carbocycles. The van der Waals surface area contributed by atoms with Gasteiger partial charge in [-0.05, 0) is 49.4 Å². The molecule has 4 rings (SSSR count). The van der Waals surface area contributed by atoms with E-state index < -0.39 is 0 Å². The molecule has 0 aliphatic carbocycles. The Morgan fingerprint density at radius 1 is 1.23 bits per heavy atom. The van der Waals surface area contributed by atoms with Crippen LogP contribution in [0.2, 0.25) is 0 Å². The highest BCUT2D eigenvalue weighted by Gasteiger charge is 2.21. The molecule has 26 heavy (non-hydrogen) atoms. The van der Waals surface area contributed by atoms with Crippen molar-refractivity contribution < 1.29 is 9.18 Å². The van der Waals surface area contributed by atoms with E-state index in [-0.39, 0.29) is 11.7 Å². The molecular formula is C18H17FN4OS2. The Hall–Kier alpha value is -2.19. The molecule has 1 amide bonds. The van der Waals surface area contributed by atoms with Gasteiger partial charge in [-0.3, -0.25) is 4.79 Å². The molecule has 0 radical (unpaired) electrons. The monoisotopic (exact) mass is 388 g/mol. The number of fused-ring (bicyclic) bond motifs is 1. The second-order valence-corrected chi connectivity index (χ2v) is 7.82. The summed E-state index contributed by atoms with van der Waals surface area (Å²) in [7, 11) is 0. The number of thiophene rings is 1. The molecule has 1 N–H and O–H groups in total. The van der Waals surface area contributed by atoms with Gasteiger partial charge in [-0.25, -0.2) is 14.4 Å². The maximum Gasteiger partial charge on any atom is 0.265 e. The molecule has 1 fully saturated rings. The van der Waals surface area contributed by atoms with Gasteiger partial charge in [0, 0.05) is 18.8 Å². The van der Waals surface area contributed by atoms with Gasteiger partial charge in [-0.15, -0.1) is 11.3 Å². The smallest absolute Gasteiger partial charge is 0.265 e. The van der Waals surface area contributed by atoms with Gasteiger partial charge in [0.25, 0.3) is 5.91 Å². The molecule has 0 spiro atoms. The second-order valence-electron chi connectivity index (χ2n) is 6.02. The first kappa shape index (κ1) is 17.2. The van der Waals surface area contributed by atoms with E-state index in [1.54, 1.807) is 12.1 Å². The summed E-state index contributed by atoms with van der Waals surface area (Å²) in [4.78, 5) is 25.5. The fraction of sp³-hybridized carbons (Fsp3) is 0.278. The van der Waals surface area contributed by atoms with Gasteiger partial charge in [0.1, 0.15) is 16.5 Å². The number of anilines is 2. The zero-order valence-electron chi connectivity index (χ0n) is 14.2. The van der Waals surface area contributed by atoms with Crippen molar-refractivity contribution in [3.63, 3.8) is 0 Å². The molecule has 5 nitrogen and oxygen atoms in total. The Kier molecular flexibility index (Phi) is 4.78. The molecule has 3 heterocycles. The minimum atomic E-state index is -0.333. The van der Waals surface area contributed by atoms with Gasteiger partial charge < -0.3 is 10.2 Å². The molecule has 8 heteroatoms. The number of carbonyl (C=O) groups excluding carboxylic acids is 1. The minimum Gasteiger partial charge on any atom is -0.356 e. The third-order valence-electron chi connectivity index (χ3n) is 4.27. The summed E-state index contributed by atoms with van der Waals surface area (Å²) in [6.45, 7) is 1.96. The van der Waals surface area contributed by atoms with Crippen LogP contribution in [0.1, 0.15) is 22.5 Å². The zero-order valence-corrected chi connectivity index (χ0v) is 15.8. The van der Waals surface area contributed by atoms with Gasteiger partial charge in [0.2, 0.25) is 0 Å². The Balaban J connectivity index is 1.68. The van der Waals surface area contributed by atoms with Crippen molar-refractivity contribution in [3.05, 3.63) is 41.0 Å². The summed E-state index contributed by atoms with van der Waals surface area (Å²) in [6.07, 6.45) is 4.26. The first-order chi connectivity index (χ1) is 12.6. The number of nitrogens with one attached hydrogen (secondary N) is 1. The van der Waals surface area contributed by atoms with Crippen LogP contribution in [0.3, 0.4) is 0 Å². The Bertz CT molecular complexity index is 952. The zero-order chi connectivity index (χ0) is 18.1. The summed E-state index contributed by atoms with van der Waals surface area (Å²) >= 11 is 2.85. The number of benzene rings is 1. The van der Waals surface area contributed by atoms with Gasteiger partial charge in [-0.2, -0.15) is 0 Å². The van der Waals surface area contributed by atoms with E-state index in [1.807, 2.05) is 12.3 Å². The quantitative estimate of drug-likeness (QED) is 0.530. The third kappa shape index (κ3) is 3.39. The Morgan fingerprint density at radius 3 is 2.65 bits per heavy atom. The van der Waals surface area contributed by atoms with Crippen LogP contribution in [-0.4, -0.2) is 35.2 Å². The highest BCUT2D eigenvalue weighted by molar-refractivity contribution is 7.98. The molecular weight excluding hydrogens is 371 g/mol. The Morgan fingerprint density at radius 2 is 1.96 bits per heavy atom. The second kappa shape index (κ2) is 7.20. The van der Waals surface area contributed by atoms with Crippen LogP contribution in [0, 0.1) is 5.82 Å². The number of rotatable bonds is 4. The topological polar surface area (TPSA) is 58.1 Å². The molecule has 1 saturated heterocycles. The minimum absolute atomic E-state index is 0.224. The van der Waals surface area contributed by atoms with E-state index in [2.05, 4.69) is 20.2 Å². The van der Waals surface area contributed by atoms with Crippen LogP contribution in [-0.2, 0) is 0 Å². The van der Waals surface area contributed by atoms with E-state index in [1.165, 1.54) is 35.2 Å². The highest BCUT2D eigenvalue weighted by atomic mass is 32.2. The SMILES string of the molecule is CSc1nc(N2CCCC2)c2cc(C(=O)Nc3ccc(F)cc3)sc2n1. The van der Waals surface area contributed by atoms with Crippen LogP contribution in [0.15, 0.2) is 35.5 Å². The number of carbonyl (C=O) groups is 1. The number of hydrogen-bond donors (Lipinski definition) is 1. The molecule has 1 aliphatic heterocycles. The summed E-state index contributed by atoms with van der Waals surface area (Å²) in [5.74, 6) is 0.353.